The summed E-state index contributed by atoms with van der Waals surface area (Å²) in [6.07, 6.45) is 2.07. The molecule has 164 valence electrons. The number of hydrogen-bond donors (Lipinski definition) is 4. The Morgan fingerprint density at radius 3 is 2.68 bits per heavy atom. The fourth-order valence-electron chi connectivity index (χ4n) is 3.40. The topological polar surface area (TPSA) is 122 Å². The average molecular weight is 424 g/mol. The minimum Gasteiger partial charge on any atom is -0.497 e. The van der Waals surface area contributed by atoms with Crippen LogP contribution in [-0.4, -0.2) is 47.8 Å². The molecule has 1 aromatic heterocycles. The molecule has 5 N–H and O–H groups in total. The Morgan fingerprint density at radius 2 is 2.03 bits per heavy atom. The van der Waals surface area contributed by atoms with Gasteiger partial charge in [0.05, 0.1) is 12.8 Å². The first-order chi connectivity index (χ1) is 14.8. The molecule has 0 saturated carbocycles. The van der Waals surface area contributed by atoms with Crippen molar-refractivity contribution in [2.24, 2.45) is 11.1 Å². The summed E-state index contributed by atoms with van der Waals surface area (Å²) in [7, 11) is 3.37. The minimum atomic E-state index is -0.662. The van der Waals surface area contributed by atoms with Crippen LogP contribution in [0, 0.1) is 5.41 Å². The molecule has 0 bridgehead atoms. The number of amides is 1. The van der Waals surface area contributed by atoms with E-state index in [1.54, 1.807) is 20.4 Å². The van der Waals surface area contributed by atoms with E-state index in [1.807, 2.05) is 50.2 Å². The van der Waals surface area contributed by atoms with E-state index in [4.69, 9.17) is 10.5 Å². The maximum atomic E-state index is 12.2. The van der Waals surface area contributed by atoms with E-state index in [0.29, 0.717) is 18.1 Å². The highest BCUT2D eigenvalue weighted by Crippen LogP contribution is 2.34. The zero-order valence-electron chi connectivity index (χ0n) is 18.3. The number of anilines is 2. The van der Waals surface area contributed by atoms with Gasteiger partial charge in [-0.05, 0) is 47.6 Å². The number of methoxy groups -OCH3 is 1. The van der Waals surface area contributed by atoms with Gasteiger partial charge in [-0.25, -0.2) is 9.97 Å². The number of carbonyl (C=O) groups is 1. The third kappa shape index (κ3) is 5.21. The summed E-state index contributed by atoms with van der Waals surface area (Å²) in [4.78, 5) is 20.9. The number of nitrogens with two attached hydrogens (primary N) is 1. The van der Waals surface area contributed by atoms with Crippen molar-refractivity contribution in [2.45, 2.75) is 26.3 Å². The number of aromatic nitrogens is 2. The van der Waals surface area contributed by atoms with Gasteiger partial charge >= 0.3 is 0 Å². The van der Waals surface area contributed by atoms with E-state index in [-0.39, 0.29) is 6.61 Å². The van der Waals surface area contributed by atoms with Gasteiger partial charge in [-0.3, -0.25) is 4.79 Å². The van der Waals surface area contributed by atoms with Crippen LogP contribution >= 0.6 is 0 Å². The summed E-state index contributed by atoms with van der Waals surface area (Å²) in [5, 5.41) is 17.7. The maximum absolute atomic E-state index is 12.2. The fraction of sp³-hybridized carbons (Fsp3) is 0.348. The molecule has 0 spiro atoms. The van der Waals surface area contributed by atoms with Crippen LogP contribution in [0.2, 0.25) is 0 Å². The highest BCUT2D eigenvalue weighted by Gasteiger charge is 2.27. The quantitative estimate of drug-likeness (QED) is 0.417. The molecule has 0 fully saturated rings. The second-order valence-corrected chi connectivity index (χ2v) is 8.25. The molecule has 31 heavy (non-hydrogen) atoms. The van der Waals surface area contributed by atoms with Crippen LogP contribution in [0.4, 0.5) is 11.6 Å². The normalized spacial score (nSPS) is 12.4. The van der Waals surface area contributed by atoms with Gasteiger partial charge in [0.15, 0.2) is 0 Å². The van der Waals surface area contributed by atoms with Gasteiger partial charge < -0.3 is 26.2 Å². The zero-order valence-corrected chi connectivity index (χ0v) is 18.3. The van der Waals surface area contributed by atoms with Crippen LogP contribution < -0.4 is 21.1 Å². The number of aliphatic hydroxyl groups is 1. The highest BCUT2D eigenvalue weighted by molar-refractivity contribution is 5.99. The Kier molecular flexibility index (Phi) is 6.60. The predicted octanol–water partition coefficient (Wildman–Crippen LogP) is 3.02. The van der Waals surface area contributed by atoms with Crippen LogP contribution in [0.1, 0.15) is 20.3 Å². The average Bonchev–Trinajstić information content (AvgIpc) is 2.78. The van der Waals surface area contributed by atoms with Gasteiger partial charge in [-0.2, -0.15) is 0 Å². The number of carbonyl (C=O) groups excluding carboxylic acids is 1. The van der Waals surface area contributed by atoms with Crippen molar-refractivity contribution in [3.8, 4) is 17.0 Å². The maximum Gasteiger partial charge on any atom is 0.239 e. The Morgan fingerprint density at radius 1 is 1.26 bits per heavy atom. The number of rotatable bonds is 9. The number of primary amides is 1. The third-order valence-electron chi connectivity index (χ3n) is 5.19. The lowest BCUT2D eigenvalue weighted by Crippen LogP contribution is -2.40. The lowest BCUT2D eigenvalue weighted by Gasteiger charge is -2.28. The summed E-state index contributed by atoms with van der Waals surface area (Å²) in [5.74, 6) is 0.734. The lowest BCUT2D eigenvalue weighted by molar-refractivity contribution is -0.119. The highest BCUT2D eigenvalue weighted by atomic mass is 16.5. The second kappa shape index (κ2) is 9.18. The summed E-state index contributed by atoms with van der Waals surface area (Å²) >= 11 is 0. The molecular formula is C23H29N5O3. The molecular weight excluding hydrogens is 394 g/mol. The lowest BCUT2D eigenvalue weighted by atomic mass is 9.86. The number of benzene rings is 2. The molecule has 1 heterocycles. The second-order valence-electron chi connectivity index (χ2n) is 8.25. The van der Waals surface area contributed by atoms with Gasteiger partial charge in [0, 0.05) is 36.5 Å². The van der Waals surface area contributed by atoms with Gasteiger partial charge in [-0.15, -0.1) is 0 Å². The number of hydrogen-bond acceptors (Lipinski definition) is 7. The largest absolute Gasteiger partial charge is 0.497 e. The monoisotopic (exact) mass is 423 g/mol. The molecule has 8 nitrogen and oxygen atoms in total. The molecule has 0 aliphatic heterocycles. The van der Waals surface area contributed by atoms with E-state index in [1.165, 1.54) is 0 Å². The van der Waals surface area contributed by atoms with Crippen molar-refractivity contribution in [1.82, 2.24) is 9.97 Å². The van der Waals surface area contributed by atoms with E-state index in [9.17, 15) is 9.90 Å². The van der Waals surface area contributed by atoms with Crippen LogP contribution in [0.3, 0.4) is 0 Å². The Labute approximate surface area is 181 Å². The van der Waals surface area contributed by atoms with Crippen molar-refractivity contribution in [1.29, 1.82) is 0 Å². The number of nitrogens with one attached hydrogen (secondary N) is 2. The fourth-order valence-corrected chi connectivity index (χ4v) is 3.40. The molecule has 2 aromatic carbocycles. The Balaban J connectivity index is 2.13. The van der Waals surface area contributed by atoms with Gasteiger partial charge in [0.25, 0.3) is 0 Å². The van der Waals surface area contributed by atoms with E-state index in [2.05, 4.69) is 20.6 Å². The van der Waals surface area contributed by atoms with Gasteiger partial charge in [0.1, 0.15) is 11.8 Å². The minimum absolute atomic E-state index is 0.0548. The first-order valence-corrected chi connectivity index (χ1v) is 10.1. The smallest absolute Gasteiger partial charge is 0.239 e. The number of aliphatic hydroxyl groups excluding tert-OH is 1. The molecule has 3 rings (SSSR count). The molecule has 1 atom stereocenters. The zero-order chi connectivity index (χ0) is 22.6. The summed E-state index contributed by atoms with van der Waals surface area (Å²) < 4.78 is 5.39. The molecule has 0 radical (unpaired) electrons. The molecule has 0 saturated heterocycles. The molecule has 1 amide bonds. The number of fused-ring (bicyclic) bond motifs is 1. The first kappa shape index (κ1) is 22.3. The molecule has 8 heteroatoms. The predicted molar refractivity (Wildman–Crippen MR) is 123 cm³/mol. The SMILES string of the molecule is CNc1nccc(-c2cc(NC(CC(C)(C)CO)C(N)=O)c3cc(OC)ccc3c2)n1. The van der Waals surface area contributed by atoms with Gasteiger partial charge in [0.2, 0.25) is 11.9 Å². The molecule has 0 aliphatic carbocycles. The molecule has 3 aromatic rings. The standard InChI is InChI=1S/C23H29N5O3/c1-23(2,13-29)12-20(21(24)30)27-19-10-15(18-7-8-26-22(25-3)28-18)9-14-5-6-16(31-4)11-17(14)19/h5-11,20,27,29H,12-13H2,1-4H3,(H2,24,30)(H,25,26,28). The van der Waals surface area contributed by atoms with Crippen LogP contribution in [0.15, 0.2) is 42.6 Å². The van der Waals surface area contributed by atoms with Crippen molar-refractivity contribution in [3.05, 3.63) is 42.6 Å². The number of ether oxygens (including phenoxy) is 1. The van der Waals surface area contributed by atoms with Crippen LogP contribution in [0.5, 0.6) is 5.75 Å². The van der Waals surface area contributed by atoms with E-state index >= 15 is 0 Å². The van der Waals surface area contributed by atoms with Crippen molar-refractivity contribution in [2.75, 3.05) is 31.4 Å². The van der Waals surface area contributed by atoms with Crippen molar-refractivity contribution in [3.63, 3.8) is 0 Å². The van der Waals surface area contributed by atoms with E-state index < -0.39 is 17.4 Å². The van der Waals surface area contributed by atoms with E-state index in [0.717, 1.165) is 27.7 Å². The van der Waals surface area contributed by atoms with Crippen molar-refractivity contribution >= 4 is 28.3 Å². The van der Waals surface area contributed by atoms with Crippen LogP contribution in [-0.2, 0) is 4.79 Å². The summed E-state index contributed by atoms with van der Waals surface area (Å²) in [6.45, 7) is 3.73. The van der Waals surface area contributed by atoms with Crippen LogP contribution in [0.25, 0.3) is 22.0 Å². The molecule has 0 aliphatic rings. The third-order valence-corrected chi connectivity index (χ3v) is 5.19. The molecule has 1 unspecified atom stereocenters. The Bertz CT molecular complexity index is 1080. The summed E-state index contributed by atoms with van der Waals surface area (Å²) in [5.41, 5.74) is 7.57. The van der Waals surface area contributed by atoms with Crippen molar-refractivity contribution < 1.29 is 14.6 Å². The first-order valence-electron chi connectivity index (χ1n) is 10.1. The van der Waals surface area contributed by atoms with Gasteiger partial charge in [-0.1, -0.05) is 19.9 Å². The summed E-state index contributed by atoms with van der Waals surface area (Å²) in [6, 6.07) is 10.9. The number of nitrogens with zero attached hydrogens (tertiary/aromatic N) is 2. The Hall–Kier alpha value is -3.39.